The van der Waals surface area contributed by atoms with Gasteiger partial charge in [0.2, 0.25) is 15.9 Å². The van der Waals surface area contributed by atoms with Crippen molar-refractivity contribution in [2.24, 2.45) is 5.92 Å². The maximum atomic E-state index is 11.9. The molecular formula is C14H22N4O3S2. The first-order valence-electron chi connectivity index (χ1n) is 7.49. The Morgan fingerprint density at radius 1 is 1.52 bits per heavy atom. The number of thioether (sulfide) groups is 1. The van der Waals surface area contributed by atoms with Crippen LogP contribution in [0.3, 0.4) is 0 Å². The highest BCUT2D eigenvalue weighted by Gasteiger charge is 2.25. The fourth-order valence-electron chi connectivity index (χ4n) is 2.43. The third kappa shape index (κ3) is 6.08. The minimum Gasteiger partial charge on any atom is -0.355 e. The molecule has 1 saturated heterocycles. The third-order valence-electron chi connectivity index (χ3n) is 3.64. The maximum absolute atomic E-state index is 11.9. The summed E-state index contributed by atoms with van der Waals surface area (Å²) in [5.74, 6) is 0.339. The normalized spacial score (nSPS) is 19.5. The molecular weight excluding hydrogens is 336 g/mol. The van der Waals surface area contributed by atoms with Crippen LogP contribution in [0.15, 0.2) is 17.4 Å². The molecule has 1 amide bonds. The molecule has 128 valence electrons. The Kier molecular flexibility index (Phi) is 6.37. The lowest BCUT2D eigenvalue weighted by Gasteiger charge is -2.30. The van der Waals surface area contributed by atoms with E-state index in [-0.39, 0.29) is 17.6 Å². The zero-order valence-corrected chi connectivity index (χ0v) is 15.0. The van der Waals surface area contributed by atoms with Gasteiger partial charge in [-0.25, -0.2) is 22.7 Å². The van der Waals surface area contributed by atoms with Crippen molar-refractivity contribution in [1.82, 2.24) is 19.6 Å². The van der Waals surface area contributed by atoms with Gasteiger partial charge in [0.15, 0.2) is 5.16 Å². The van der Waals surface area contributed by atoms with E-state index in [2.05, 4.69) is 15.3 Å². The maximum Gasteiger partial charge on any atom is 0.230 e. The largest absolute Gasteiger partial charge is 0.355 e. The molecule has 1 aromatic rings. The number of rotatable bonds is 6. The topological polar surface area (TPSA) is 92.3 Å². The molecule has 1 atom stereocenters. The number of hydrogen-bond donors (Lipinski definition) is 1. The molecule has 0 saturated carbocycles. The molecule has 0 spiro atoms. The number of carbonyl (C=O) groups is 1. The van der Waals surface area contributed by atoms with E-state index in [9.17, 15) is 13.2 Å². The summed E-state index contributed by atoms with van der Waals surface area (Å²) in [7, 11) is -3.15. The summed E-state index contributed by atoms with van der Waals surface area (Å²) in [6.07, 6.45) is 4.66. The van der Waals surface area contributed by atoms with Gasteiger partial charge >= 0.3 is 0 Å². The van der Waals surface area contributed by atoms with E-state index in [1.165, 1.54) is 22.3 Å². The van der Waals surface area contributed by atoms with Crippen molar-refractivity contribution in [2.75, 3.05) is 31.6 Å². The fourth-order valence-corrected chi connectivity index (χ4v) is 4.08. The summed E-state index contributed by atoms with van der Waals surface area (Å²) < 4.78 is 24.6. The second-order valence-electron chi connectivity index (χ2n) is 5.70. The number of amides is 1. The summed E-state index contributed by atoms with van der Waals surface area (Å²) >= 11 is 1.29. The summed E-state index contributed by atoms with van der Waals surface area (Å²) in [6.45, 7) is 3.43. The summed E-state index contributed by atoms with van der Waals surface area (Å²) in [4.78, 5) is 20.2. The number of nitrogens with one attached hydrogen (secondary N) is 1. The second kappa shape index (κ2) is 8.07. The van der Waals surface area contributed by atoms with Crippen LogP contribution >= 0.6 is 11.8 Å². The number of aryl methyl sites for hydroxylation is 1. The van der Waals surface area contributed by atoms with Gasteiger partial charge in [0, 0.05) is 31.5 Å². The smallest absolute Gasteiger partial charge is 0.230 e. The molecule has 1 aliphatic heterocycles. The van der Waals surface area contributed by atoms with Gasteiger partial charge in [-0.1, -0.05) is 11.8 Å². The summed E-state index contributed by atoms with van der Waals surface area (Å²) in [6, 6.07) is 1.81. The molecule has 1 aliphatic rings. The lowest BCUT2D eigenvalue weighted by molar-refractivity contribution is -0.118. The van der Waals surface area contributed by atoms with Gasteiger partial charge in [-0.2, -0.15) is 0 Å². The van der Waals surface area contributed by atoms with E-state index in [1.54, 1.807) is 12.3 Å². The first-order valence-corrected chi connectivity index (χ1v) is 10.3. The molecule has 9 heteroatoms. The van der Waals surface area contributed by atoms with Crippen LogP contribution in [0.5, 0.6) is 0 Å². The quantitative estimate of drug-likeness (QED) is 0.593. The van der Waals surface area contributed by atoms with Crippen molar-refractivity contribution in [1.29, 1.82) is 0 Å². The SMILES string of the molecule is Cc1ccnc(SCC(=O)NCC2CCCN(S(C)(=O)=O)C2)n1. The van der Waals surface area contributed by atoms with Gasteiger partial charge in [-0.3, -0.25) is 4.79 Å². The Bertz CT molecular complexity index is 651. The van der Waals surface area contributed by atoms with Crippen molar-refractivity contribution in [3.05, 3.63) is 18.0 Å². The van der Waals surface area contributed by atoms with Gasteiger partial charge in [0.25, 0.3) is 0 Å². The van der Waals surface area contributed by atoms with Gasteiger partial charge in [-0.15, -0.1) is 0 Å². The molecule has 1 aromatic heterocycles. The number of sulfonamides is 1. The van der Waals surface area contributed by atoms with Gasteiger partial charge in [-0.05, 0) is 31.7 Å². The van der Waals surface area contributed by atoms with E-state index < -0.39 is 10.0 Å². The molecule has 0 radical (unpaired) electrons. The lowest BCUT2D eigenvalue weighted by atomic mass is 10.00. The van der Waals surface area contributed by atoms with Crippen LogP contribution in [-0.2, 0) is 14.8 Å². The van der Waals surface area contributed by atoms with Crippen molar-refractivity contribution in [2.45, 2.75) is 24.9 Å². The zero-order valence-electron chi connectivity index (χ0n) is 13.4. The minimum absolute atomic E-state index is 0.0865. The van der Waals surface area contributed by atoms with E-state index >= 15 is 0 Å². The van der Waals surface area contributed by atoms with Crippen molar-refractivity contribution in [3.8, 4) is 0 Å². The Hall–Kier alpha value is -1.19. The standard InChI is InChI=1S/C14H22N4O3S2/c1-11-5-6-15-14(17-11)22-10-13(19)16-8-12-4-3-7-18(9-12)23(2,20)21/h5-6,12H,3-4,7-10H2,1-2H3,(H,16,19). The summed E-state index contributed by atoms with van der Waals surface area (Å²) in [5.41, 5.74) is 0.867. The Morgan fingerprint density at radius 3 is 3.00 bits per heavy atom. The fraction of sp³-hybridized carbons (Fsp3) is 0.643. The monoisotopic (exact) mass is 358 g/mol. The second-order valence-corrected chi connectivity index (χ2v) is 8.63. The number of piperidine rings is 1. The molecule has 2 heterocycles. The van der Waals surface area contributed by atoms with Crippen LogP contribution < -0.4 is 5.32 Å². The molecule has 1 unspecified atom stereocenters. The van der Waals surface area contributed by atoms with Crippen molar-refractivity contribution >= 4 is 27.7 Å². The van der Waals surface area contributed by atoms with Gasteiger partial charge in [0.1, 0.15) is 0 Å². The Balaban J connectivity index is 1.74. The predicted molar refractivity (Wildman–Crippen MR) is 89.6 cm³/mol. The van der Waals surface area contributed by atoms with Crippen molar-refractivity contribution < 1.29 is 13.2 Å². The van der Waals surface area contributed by atoms with Gasteiger partial charge in [0.05, 0.1) is 12.0 Å². The molecule has 7 nitrogen and oxygen atoms in total. The average Bonchev–Trinajstić information content (AvgIpc) is 2.50. The highest BCUT2D eigenvalue weighted by Crippen LogP contribution is 2.18. The van der Waals surface area contributed by atoms with Crippen LogP contribution in [0, 0.1) is 12.8 Å². The Morgan fingerprint density at radius 2 is 2.30 bits per heavy atom. The minimum atomic E-state index is -3.15. The molecule has 1 fully saturated rings. The highest BCUT2D eigenvalue weighted by atomic mass is 32.2. The molecule has 1 N–H and O–H groups in total. The van der Waals surface area contributed by atoms with E-state index in [0.29, 0.717) is 24.8 Å². The van der Waals surface area contributed by atoms with Crippen LogP contribution in [0.2, 0.25) is 0 Å². The lowest BCUT2D eigenvalue weighted by Crippen LogP contribution is -2.43. The Labute approximate surface area is 141 Å². The predicted octanol–water partition coefficient (Wildman–Crippen LogP) is 0.665. The summed E-state index contributed by atoms with van der Waals surface area (Å²) in [5, 5.41) is 3.46. The first-order chi connectivity index (χ1) is 10.8. The van der Waals surface area contributed by atoms with E-state index in [0.717, 1.165) is 18.5 Å². The molecule has 2 rings (SSSR count). The zero-order chi connectivity index (χ0) is 16.9. The van der Waals surface area contributed by atoms with Crippen LogP contribution in [0.1, 0.15) is 18.5 Å². The van der Waals surface area contributed by atoms with Crippen molar-refractivity contribution in [3.63, 3.8) is 0 Å². The average molecular weight is 358 g/mol. The number of nitrogens with zero attached hydrogens (tertiary/aromatic N) is 3. The number of aromatic nitrogens is 2. The number of hydrogen-bond acceptors (Lipinski definition) is 6. The molecule has 0 bridgehead atoms. The van der Waals surface area contributed by atoms with Gasteiger partial charge < -0.3 is 5.32 Å². The first kappa shape index (κ1) is 18.2. The van der Waals surface area contributed by atoms with E-state index in [4.69, 9.17) is 0 Å². The molecule has 0 aromatic carbocycles. The van der Waals surface area contributed by atoms with Crippen LogP contribution in [-0.4, -0.2) is 60.2 Å². The highest BCUT2D eigenvalue weighted by molar-refractivity contribution is 7.99. The van der Waals surface area contributed by atoms with Crippen LogP contribution in [0.4, 0.5) is 0 Å². The molecule has 23 heavy (non-hydrogen) atoms. The molecule has 0 aliphatic carbocycles. The third-order valence-corrected chi connectivity index (χ3v) is 5.77. The van der Waals surface area contributed by atoms with E-state index in [1.807, 2.05) is 6.92 Å². The van der Waals surface area contributed by atoms with Crippen LogP contribution in [0.25, 0.3) is 0 Å². The number of carbonyl (C=O) groups excluding carboxylic acids is 1.